The van der Waals surface area contributed by atoms with E-state index in [2.05, 4.69) is 0 Å². The molecule has 0 saturated carbocycles. The molecule has 0 radical (unpaired) electrons. The topological polar surface area (TPSA) is 26.3 Å². The number of carbonyl (C=O) groups is 1. The SMILES string of the molecule is COc1ccc(C(=O)[C@@](F)(Cc2ccccc2)c2ccccc2)cc1. The van der Waals surface area contributed by atoms with E-state index in [1.165, 1.54) is 0 Å². The number of hydrogen-bond acceptors (Lipinski definition) is 2. The minimum absolute atomic E-state index is 0.0112. The molecule has 0 fully saturated rings. The van der Waals surface area contributed by atoms with Crippen LogP contribution in [0, 0.1) is 0 Å². The van der Waals surface area contributed by atoms with Crippen molar-refractivity contribution >= 4 is 5.78 Å². The number of methoxy groups -OCH3 is 1. The van der Waals surface area contributed by atoms with Crippen LogP contribution in [0.1, 0.15) is 21.5 Å². The standard InChI is InChI=1S/C22H19FO2/c1-25-20-14-12-18(13-15-20)21(24)22(23,19-10-6-3-7-11-19)16-17-8-4-2-5-9-17/h2-15H,16H2,1H3/t22-/m1/s1. The molecule has 2 nitrogen and oxygen atoms in total. The maximum absolute atomic E-state index is 16.1. The molecule has 0 aliphatic heterocycles. The fourth-order valence-electron chi connectivity index (χ4n) is 2.86. The quantitative estimate of drug-likeness (QED) is 0.594. The van der Waals surface area contributed by atoms with Crippen LogP contribution in [0.4, 0.5) is 4.39 Å². The van der Waals surface area contributed by atoms with Crippen molar-refractivity contribution in [1.82, 2.24) is 0 Å². The molecule has 0 saturated heterocycles. The first kappa shape index (κ1) is 16.9. The lowest BCUT2D eigenvalue weighted by molar-refractivity contribution is 0.0676. The first-order valence-corrected chi connectivity index (χ1v) is 8.11. The number of rotatable bonds is 6. The highest BCUT2D eigenvalue weighted by molar-refractivity contribution is 6.03. The van der Waals surface area contributed by atoms with Gasteiger partial charge in [0.2, 0.25) is 11.5 Å². The Morgan fingerprint density at radius 1 is 0.880 bits per heavy atom. The van der Waals surface area contributed by atoms with Gasteiger partial charge in [0.25, 0.3) is 0 Å². The third-order valence-electron chi connectivity index (χ3n) is 4.23. The summed E-state index contributed by atoms with van der Waals surface area (Å²) in [5.41, 5.74) is -0.671. The summed E-state index contributed by atoms with van der Waals surface area (Å²) in [6.45, 7) is 0. The summed E-state index contributed by atoms with van der Waals surface area (Å²) < 4.78 is 21.2. The lowest BCUT2D eigenvalue weighted by Crippen LogP contribution is -2.33. The molecule has 0 aliphatic rings. The zero-order valence-corrected chi connectivity index (χ0v) is 14.0. The van der Waals surface area contributed by atoms with Gasteiger partial charge in [-0.1, -0.05) is 60.7 Å². The van der Waals surface area contributed by atoms with E-state index in [4.69, 9.17) is 4.74 Å². The van der Waals surface area contributed by atoms with Gasteiger partial charge in [-0.05, 0) is 35.4 Å². The Morgan fingerprint density at radius 2 is 1.44 bits per heavy atom. The van der Waals surface area contributed by atoms with Crippen molar-refractivity contribution in [2.24, 2.45) is 0 Å². The highest BCUT2D eigenvalue weighted by Crippen LogP contribution is 2.34. The molecular weight excluding hydrogens is 315 g/mol. The van der Waals surface area contributed by atoms with Crippen molar-refractivity contribution in [3.8, 4) is 5.75 Å². The smallest absolute Gasteiger partial charge is 0.204 e. The van der Waals surface area contributed by atoms with Crippen LogP contribution in [0.15, 0.2) is 84.9 Å². The molecule has 0 aromatic heterocycles. The Bertz CT molecular complexity index is 829. The van der Waals surface area contributed by atoms with Crippen molar-refractivity contribution < 1.29 is 13.9 Å². The molecule has 0 spiro atoms. The molecule has 0 aliphatic carbocycles. The summed E-state index contributed by atoms with van der Waals surface area (Å²) in [7, 11) is 1.55. The molecule has 3 aromatic carbocycles. The van der Waals surface area contributed by atoms with Crippen molar-refractivity contribution in [2.45, 2.75) is 12.1 Å². The number of Topliss-reactive ketones (excluding diaryl/α,β-unsaturated/α-hetero) is 1. The molecule has 0 heterocycles. The normalized spacial score (nSPS) is 13.0. The average molecular weight is 334 g/mol. The van der Waals surface area contributed by atoms with E-state index in [0.29, 0.717) is 16.9 Å². The van der Waals surface area contributed by atoms with Gasteiger partial charge in [-0.2, -0.15) is 0 Å². The maximum Gasteiger partial charge on any atom is 0.204 e. The Hall–Kier alpha value is -2.94. The van der Waals surface area contributed by atoms with Gasteiger partial charge < -0.3 is 4.74 Å². The predicted octanol–water partition coefficient (Wildman–Crippen LogP) is 4.99. The van der Waals surface area contributed by atoms with E-state index in [1.54, 1.807) is 55.6 Å². The fourth-order valence-corrected chi connectivity index (χ4v) is 2.86. The summed E-state index contributed by atoms with van der Waals surface area (Å²) in [6, 6.07) is 24.4. The van der Waals surface area contributed by atoms with E-state index in [9.17, 15) is 4.79 Å². The summed E-state index contributed by atoms with van der Waals surface area (Å²) in [5, 5.41) is 0. The lowest BCUT2D eigenvalue weighted by Gasteiger charge is -2.25. The molecule has 3 heteroatoms. The second kappa shape index (κ2) is 7.31. The first-order valence-electron chi connectivity index (χ1n) is 8.11. The van der Waals surface area contributed by atoms with Crippen molar-refractivity contribution in [3.05, 3.63) is 102 Å². The number of hydrogen-bond donors (Lipinski definition) is 0. The highest BCUT2D eigenvalue weighted by atomic mass is 19.1. The molecule has 0 amide bonds. The molecule has 0 unspecified atom stereocenters. The van der Waals surface area contributed by atoms with Crippen LogP contribution in [-0.4, -0.2) is 12.9 Å². The van der Waals surface area contributed by atoms with Crippen LogP contribution in [0.25, 0.3) is 0 Å². The van der Waals surface area contributed by atoms with Crippen LogP contribution in [0.5, 0.6) is 5.75 Å². The van der Waals surface area contributed by atoms with Gasteiger partial charge in [0.05, 0.1) is 7.11 Å². The Balaban J connectivity index is 2.02. The summed E-state index contributed by atoms with van der Waals surface area (Å²) in [4.78, 5) is 13.1. The lowest BCUT2D eigenvalue weighted by atomic mass is 9.82. The molecule has 3 aromatic rings. The largest absolute Gasteiger partial charge is 0.497 e. The maximum atomic E-state index is 16.1. The Labute approximate surface area is 146 Å². The molecule has 0 bridgehead atoms. The number of ether oxygens (including phenoxy) is 1. The molecule has 0 N–H and O–H groups in total. The van der Waals surface area contributed by atoms with Gasteiger partial charge in [0.15, 0.2) is 0 Å². The van der Waals surface area contributed by atoms with Crippen LogP contribution >= 0.6 is 0 Å². The van der Waals surface area contributed by atoms with Gasteiger partial charge in [0, 0.05) is 12.0 Å². The van der Waals surface area contributed by atoms with Gasteiger partial charge in [-0.25, -0.2) is 4.39 Å². The summed E-state index contributed by atoms with van der Waals surface area (Å²) >= 11 is 0. The monoisotopic (exact) mass is 334 g/mol. The van der Waals surface area contributed by atoms with Crippen LogP contribution < -0.4 is 4.74 Å². The molecule has 126 valence electrons. The van der Waals surface area contributed by atoms with E-state index < -0.39 is 11.5 Å². The van der Waals surface area contributed by atoms with Crippen molar-refractivity contribution in [3.63, 3.8) is 0 Å². The third-order valence-corrected chi connectivity index (χ3v) is 4.23. The number of carbonyl (C=O) groups excluding carboxylic acids is 1. The first-order chi connectivity index (χ1) is 12.1. The molecular formula is C22H19FO2. The fraction of sp³-hybridized carbons (Fsp3) is 0.136. The summed E-state index contributed by atoms with van der Waals surface area (Å²) in [6.07, 6.45) is -0.0112. The van der Waals surface area contributed by atoms with Crippen molar-refractivity contribution in [1.29, 1.82) is 0 Å². The number of ketones is 1. The van der Waals surface area contributed by atoms with E-state index >= 15 is 4.39 Å². The third kappa shape index (κ3) is 3.61. The average Bonchev–Trinajstić information content (AvgIpc) is 2.69. The number of benzene rings is 3. The zero-order chi connectivity index (χ0) is 17.7. The van der Waals surface area contributed by atoms with Crippen LogP contribution in [-0.2, 0) is 12.1 Å². The van der Waals surface area contributed by atoms with Crippen LogP contribution in [0.2, 0.25) is 0 Å². The van der Waals surface area contributed by atoms with Crippen molar-refractivity contribution in [2.75, 3.05) is 7.11 Å². The predicted molar refractivity (Wildman–Crippen MR) is 96.7 cm³/mol. The molecule has 1 atom stereocenters. The molecule has 25 heavy (non-hydrogen) atoms. The van der Waals surface area contributed by atoms with Gasteiger partial charge >= 0.3 is 0 Å². The number of alkyl halides is 1. The second-order valence-corrected chi connectivity index (χ2v) is 5.89. The van der Waals surface area contributed by atoms with Gasteiger partial charge in [-0.15, -0.1) is 0 Å². The molecule has 3 rings (SSSR count). The Morgan fingerprint density at radius 3 is 2.00 bits per heavy atom. The second-order valence-electron chi connectivity index (χ2n) is 5.89. The van der Waals surface area contributed by atoms with Gasteiger partial charge in [0.1, 0.15) is 5.75 Å². The van der Waals surface area contributed by atoms with E-state index in [0.717, 1.165) is 5.56 Å². The number of halogens is 1. The zero-order valence-electron chi connectivity index (χ0n) is 14.0. The van der Waals surface area contributed by atoms with E-state index in [1.807, 2.05) is 36.4 Å². The van der Waals surface area contributed by atoms with Crippen LogP contribution in [0.3, 0.4) is 0 Å². The minimum Gasteiger partial charge on any atom is -0.497 e. The summed E-state index contributed by atoms with van der Waals surface area (Å²) in [5.74, 6) is 0.0778. The van der Waals surface area contributed by atoms with E-state index in [-0.39, 0.29) is 6.42 Å². The minimum atomic E-state index is -2.13. The van der Waals surface area contributed by atoms with Gasteiger partial charge in [-0.3, -0.25) is 4.79 Å². The Kier molecular flexibility index (Phi) is 4.94. The highest BCUT2D eigenvalue weighted by Gasteiger charge is 2.41.